The third kappa shape index (κ3) is 4.99. The molecular weight excluding hydrogens is 304 g/mol. The lowest BCUT2D eigenvalue weighted by Crippen LogP contribution is -2.34. The van der Waals surface area contributed by atoms with Crippen LogP contribution in [0.25, 0.3) is 0 Å². The van der Waals surface area contributed by atoms with E-state index in [1.54, 1.807) is 36.4 Å². The van der Waals surface area contributed by atoms with Crippen molar-refractivity contribution >= 4 is 29.6 Å². The Morgan fingerprint density at radius 2 is 1.82 bits per heavy atom. The first kappa shape index (κ1) is 15.7. The number of rotatable bonds is 5. The van der Waals surface area contributed by atoms with Gasteiger partial charge in [0.15, 0.2) is 0 Å². The van der Waals surface area contributed by atoms with Gasteiger partial charge in [0.25, 0.3) is 11.8 Å². The van der Waals surface area contributed by atoms with E-state index >= 15 is 0 Å². The second-order valence-electron chi connectivity index (χ2n) is 4.26. The molecule has 7 heteroatoms. The van der Waals surface area contributed by atoms with Crippen molar-refractivity contribution in [3.8, 4) is 0 Å². The summed E-state index contributed by atoms with van der Waals surface area (Å²) in [6.45, 7) is -0.168. The highest BCUT2D eigenvalue weighted by Crippen LogP contribution is 2.07. The first-order chi connectivity index (χ1) is 10.6. The Kier molecular flexibility index (Phi) is 5.62. The largest absolute Gasteiger partial charge is 0.343 e. The molecule has 0 fully saturated rings. The van der Waals surface area contributed by atoms with Crippen LogP contribution in [0.4, 0.5) is 0 Å². The maximum absolute atomic E-state index is 11.7. The third-order valence-electron chi connectivity index (χ3n) is 2.62. The van der Waals surface area contributed by atoms with Crippen LogP contribution in [-0.4, -0.2) is 29.6 Å². The SMILES string of the molecule is O=C(CNC(=O)c1ccncc1)N/N=C\c1ccc(Cl)cc1. The molecule has 0 saturated heterocycles. The topological polar surface area (TPSA) is 83.5 Å². The van der Waals surface area contributed by atoms with Gasteiger partial charge in [0.2, 0.25) is 0 Å². The lowest BCUT2D eigenvalue weighted by molar-refractivity contribution is -0.120. The van der Waals surface area contributed by atoms with Gasteiger partial charge in [-0.1, -0.05) is 23.7 Å². The van der Waals surface area contributed by atoms with Gasteiger partial charge < -0.3 is 5.32 Å². The van der Waals surface area contributed by atoms with E-state index in [0.717, 1.165) is 5.56 Å². The van der Waals surface area contributed by atoms with Crippen LogP contribution in [0.3, 0.4) is 0 Å². The Bertz CT molecular complexity index is 672. The van der Waals surface area contributed by atoms with Crippen molar-refractivity contribution in [2.24, 2.45) is 5.10 Å². The van der Waals surface area contributed by atoms with Gasteiger partial charge in [-0.25, -0.2) is 5.43 Å². The molecule has 1 heterocycles. The molecule has 112 valence electrons. The number of aromatic nitrogens is 1. The Morgan fingerprint density at radius 3 is 2.50 bits per heavy atom. The zero-order valence-corrected chi connectivity index (χ0v) is 12.2. The summed E-state index contributed by atoms with van der Waals surface area (Å²) < 4.78 is 0. The maximum Gasteiger partial charge on any atom is 0.259 e. The molecule has 0 aliphatic rings. The zero-order chi connectivity index (χ0) is 15.8. The van der Waals surface area contributed by atoms with Crippen LogP contribution < -0.4 is 10.7 Å². The molecule has 6 nitrogen and oxygen atoms in total. The number of carbonyl (C=O) groups excluding carboxylic acids is 2. The number of pyridine rings is 1. The molecule has 2 rings (SSSR count). The molecule has 0 bridgehead atoms. The summed E-state index contributed by atoms with van der Waals surface area (Å²) in [5.41, 5.74) is 3.56. The van der Waals surface area contributed by atoms with Crippen LogP contribution in [0.1, 0.15) is 15.9 Å². The standard InChI is InChI=1S/C15H13ClN4O2/c16-13-3-1-11(2-4-13)9-19-20-14(21)10-18-15(22)12-5-7-17-8-6-12/h1-9H,10H2,(H,18,22)(H,20,21)/b19-9-. The van der Waals surface area contributed by atoms with E-state index in [4.69, 9.17) is 11.6 Å². The van der Waals surface area contributed by atoms with E-state index in [1.165, 1.54) is 18.6 Å². The molecule has 2 N–H and O–H groups in total. The minimum atomic E-state index is -0.424. The van der Waals surface area contributed by atoms with Crippen LogP contribution in [0.5, 0.6) is 0 Å². The average molecular weight is 317 g/mol. The minimum absolute atomic E-state index is 0.168. The van der Waals surface area contributed by atoms with E-state index in [9.17, 15) is 9.59 Å². The predicted octanol–water partition coefficient (Wildman–Crippen LogP) is 1.62. The van der Waals surface area contributed by atoms with Crippen LogP contribution in [-0.2, 0) is 4.79 Å². The van der Waals surface area contributed by atoms with Crippen LogP contribution >= 0.6 is 11.6 Å². The van der Waals surface area contributed by atoms with Crippen molar-refractivity contribution in [1.29, 1.82) is 0 Å². The van der Waals surface area contributed by atoms with Gasteiger partial charge in [-0.3, -0.25) is 14.6 Å². The van der Waals surface area contributed by atoms with Crippen molar-refractivity contribution in [3.05, 3.63) is 64.9 Å². The van der Waals surface area contributed by atoms with Crippen molar-refractivity contribution in [1.82, 2.24) is 15.7 Å². The molecule has 0 saturated carbocycles. The summed E-state index contributed by atoms with van der Waals surface area (Å²) >= 11 is 5.76. The Labute approximate surface area is 132 Å². The van der Waals surface area contributed by atoms with Gasteiger partial charge in [0, 0.05) is 23.0 Å². The summed E-state index contributed by atoms with van der Waals surface area (Å²) in [4.78, 5) is 27.1. The third-order valence-corrected chi connectivity index (χ3v) is 2.88. The molecule has 22 heavy (non-hydrogen) atoms. The number of carbonyl (C=O) groups is 2. The number of halogens is 1. The fourth-order valence-electron chi connectivity index (χ4n) is 1.53. The molecule has 0 aliphatic heterocycles. The number of nitrogens with one attached hydrogen (secondary N) is 2. The quantitative estimate of drug-likeness (QED) is 0.649. The second-order valence-corrected chi connectivity index (χ2v) is 4.70. The Balaban J connectivity index is 1.76. The van der Waals surface area contributed by atoms with Crippen molar-refractivity contribution < 1.29 is 9.59 Å². The highest BCUT2D eigenvalue weighted by molar-refractivity contribution is 6.30. The van der Waals surface area contributed by atoms with E-state index in [0.29, 0.717) is 10.6 Å². The molecule has 0 atom stereocenters. The van der Waals surface area contributed by atoms with Crippen LogP contribution in [0, 0.1) is 0 Å². The van der Waals surface area contributed by atoms with Gasteiger partial charge in [0.05, 0.1) is 12.8 Å². The first-order valence-corrected chi connectivity index (χ1v) is 6.78. The lowest BCUT2D eigenvalue weighted by atomic mass is 10.2. The molecular formula is C15H13ClN4O2. The molecule has 2 amide bonds. The molecule has 0 radical (unpaired) electrons. The number of hydrogen-bond donors (Lipinski definition) is 2. The summed E-state index contributed by atoms with van der Waals surface area (Å²) in [5.74, 6) is -0.771. The molecule has 0 spiro atoms. The predicted molar refractivity (Wildman–Crippen MR) is 83.8 cm³/mol. The molecule has 0 aliphatic carbocycles. The fraction of sp³-hybridized carbons (Fsp3) is 0.0667. The number of nitrogens with zero attached hydrogens (tertiary/aromatic N) is 2. The van der Waals surface area contributed by atoms with Crippen LogP contribution in [0.2, 0.25) is 5.02 Å². The van der Waals surface area contributed by atoms with Gasteiger partial charge in [-0.05, 0) is 29.8 Å². The molecule has 1 aromatic carbocycles. The van der Waals surface area contributed by atoms with E-state index < -0.39 is 5.91 Å². The highest BCUT2D eigenvalue weighted by atomic mass is 35.5. The number of hydrazone groups is 1. The molecule has 1 aromatic heterocycles. The van der Waals surface area contributed by atoms with Crippen molar-refractivity contribution in [3.63, 3.8) is 0 Å². The second kappa shape index (κ2) is 7.90. The summed E-state index contributed by atoms with van der Waals surface area (Å²) in [7, 11) is 0. The van der Waals surface area contributed by atoms with E-state index in [2.05, 4.69) is 20.8 Å². The van der Waals surface area contributed by atoms with Gasteiger partial charge in [-0.15, -0.1) is 0 Å². The van der Waals surface area contributed by atoms with Gasteiger partial charge >= 0.3 is 0 Å². The summed E-state index contributed by atoms with van der Waals surface area (Å²) in [6.07, 6.45) is 4.50. The Hall–Kier alpha value is -2.73. The summed E-state index contributed by atoms with van der Waals surface area (Å²) in [5, 5.41) is 6.90. The molecule has 2 aromatic rings. The van der Waals surface area contributed by atoms with Gasteiger partial charge in [0.1, 0.15) is 0 Å². The number of benzene rings is 1. The number of amides is 2. The maximum atomic E-state index is 11.7. The average Bonchev–Trinajstić information content (AvgIpc) is 2.55. The highest BCUT2D eigenvalue weighted by Gasteiger charge is 2.06. The summed E-state index contributed by atoms with van der Waals surface area (Å²) in [6, 6.07) is 10.1. The fourth-order valence-corrected chi connectivity index (χ4v) is 1.66. The monoisotopic (exact) mass is 316 g/mol. The van der Waals surface area contributed by atoms with Crippen molar-refractivity contribution in [2.75, 3.05) is 6.54 Å². The molecule has 0 unspecified atom stereocenters. The first-order valence-electron chi connectivity index (χ1n) is 6.41. The van der Waals surface area contributed by atoms with Crippen LogP contribution in [0.15, 0.2) is 53.9 Å². The smallest absolute Gasteiger partial charge is 0.259 e. The number of hydrogen-bond acceptors (Lipinski definition) is 4. The lowest BCUT2D eigenvalue weighted by Gasteiger charge is -2.03. The zero-order valence-electron chi connectivity index (χ0n) is 11.5. The van der Waals surface area contributed by atoms with Crippen molar-refractivity contribution in [2.45, 2.75) is 0 Å². The van der Waals surface area contributed by atoms with Gasteiger partial charge in [-0.2, -0.15) is 5.10 Å². The normalized spacial score (nSPS) is 10.4. The minimum Gasteiger partial charge on any atom is -0.343 e. The van der Waals surface area contributed by atoms with E-state index in [1.807, 2.05) is 0 Å². The Morgan fingerprint density at radius 1 is 1.14 bits per heavy atom. The van der Waals surface area contributed by atoms with E-state index in [-0.39, 0.29) is 12.5 Å².